The van der Waals surface area contributed by atoms with Crippen molar-refractivity contribution < 1.29 is 4.79 Å². The first kappa shape index (κ1) is 11.2. The number of piperazine rings is 1. The first-order chi connectivity index (χ1) is 8.65. The number of anilines is 2. The van der Waals surface area contributed by atoms with Gasteiger partial charge in [0.2, 0.25) is 0 Å². The van der Waals surface area contributed by atoms with Gasteiger partial charge in [0.25, 0.3) is 0 Å². The maximum Gasteiger partial charge on any atom is 0.317 e. The van der Waals surface area contributed by atoms with Gasteiger partial charge >= 0.3 is 6.03 Å². The molecule has 2 saturated heterocycles. The summed E-state index contributed by atoms with van der Waals surface area (Å²) in [6, 6.07) is 6.49. The van der Waals surface area contributed by atoms with Crippen molar-refractivity contribution in [2.75, 3.05) is 36.8 Å². The van der Waals surface area contributed by atoms with E-state index < -0.39 is 0 Å². The Morgan fingerprint density at radius 3 is 3.00 bits per heavy atom. The van der Waals surface area contributed by atoms with Gasteiger partial charge in [0, 0.05) is 26.2 Å². The van der Waals surface area contributed by atoms with E-state index in [2.05, 4.69) is 22.3 Å². The lowest BCUT2D eigenvalue weighted by Crippen LogP contribution is -2.52. The first-order valence-corrected chi connectivity index (χ1v) is 6.30. The highest BCUT2D eigenvalue weighted by Crippen LogP contribution is 2.27. The minimum Gasteiger partial charge on any atom is -0.397 e. The van der Waals surface area contributed by atoms with Gasteiger partial charge < -0.3 is 20.9 Å². The molecular weight excluding hydrogens is 228 g/mol. The SMILES string of the molecule is Cc1ccc(N2CCN3C(=O)NCC3C2)c(N)c1. The molecule has 2 amide bonds. The van der Waals surface area contributed by atoms with Crippen LogP contribution in [0.3, 0.4) is 0 Å². The van der Waals surface area contributed by atoms with Crippen LogP contribution in [0.25, 0.3) is 0 Å². The standard InChI is InChI=1S/C13H18N4O/c1-9-2-3-12(11(14)6-9)16-4-5-17-10(8-16)7-15-13(17)18/h2-3,6,10H,4-5,7-8,14H2,1H3,(H,15,18). The fourth-order valence-corrected chi connectivity index (χ4v) is 2.78. The summed E-state index contributed by atoms with van der Waals surface area (Å²) >= 11 is 0. The monoisotopic (exact) mass is 246 g/mol. The molecule has 18 heavy (non-hydrogen) atoms. The second kappa shape index (κ2) is 4.08. The summed E-state index contributed by atoms with van der Waals surface area (Å²) < 4.78 is 0. The van der Waals surface area contributed by atoms with Gasteiger partial charge in [0.1, 0.15) is 0 Å². The largest absolute Gasteiger partial charge is 0.397 e. The van der Waals surface area contributed by atoms with Gasteiger partial charge in [-0.1, -0.05) is 6.07 Å². The molecule has 2 aliphatic heterocycles. The molecule has 0 spiro atoms. The molecule has 0 radical (unpaired) electrons. The molecule has 1 aromatic carbocycles. The minimum absolute atomic E-state index is 0.0662. The number of nitrogens with two attached hydrogens (primary N) is 1. The van der Waals surface area contributed by atoms with Crippen LogP contribution in [0.15, 0.2) is 18.2 Å². The Morgan fingerprint density at radius 1 is 1.39 bits per heavy atom. The Bertz CT molecular complexity index is 488. The molecule has 3 N–H and O–H groups in total. The van der Waals surface area contributed by atoms with Crippen molar-refractivity contribution in [3.63, 3.8) is 0 Å². The van der Waals surface area contributed by atoms with Crippen LogP contribution in [0.5, 0.6) is 0 Å². The van der Waals surface area contributed by atoms with E-state index in [0.29, 0.717) is 0 Å². The molecule has 3 rings (SSSR count). The number of urea groups is 1. The van der Waals surface area contributed by atoms with Crippen LogP contribution < -0.4 is 16.0 Å². The number of hydrogen-bond acceptors (Lipinski definition) is 3. The fraction of sp³-hybridized carbons (Fsp3) is 0.462. The van der Waals surface area contributed by atoms with E-state index >= 15 is 0 Å². The number of nitrogens with zero attached hydrogens (tertiary/aromatic N) is 2. The molecule has 2 fully saturated rings. The van der Waals surface area contributed by atoms with E-state index in [4.69, 9.17) is 5.73 Å². The van der Waals surface area contributed by atoms with Gasteiger partial charge in [-0.15, -0.1) is 0 Å². The van der Waals surface area contributed by atoms with Crippen LogP contribution in [0.1, 0.15) is 5.56 Å². The number of fused-ring (bicyclic) bond motifs is 1. The summed E-state index contributed by atoms with van der Waals surface area (Å²) in [6.07, 6.45) is 0. The van der Waals surface area contributed by atoms with Gasteiger partial charge in [-0.2, -0.15) is 0 Å². The lowest BCUT2D eigenvalue weighted by molar-refractivity contribution is 0.198. The van der Waals surface area contributed by atoms with Crippen molar-refractivity contribution in [3.05, 3.63) is 23.8 Å². The molecule has 5 heteroatoms. The average Bonchev–Trinajstić information content (AvgIpc) is 2.71. The third kappa shape index (κ3) is 1.75. The van der Waals surface area contributed by atoms with Gasteiger partial charge in [-0.3, -0.25) is 0 Å². The second-order valence-electron chi connectivity index (χ2n) is 5.04. The number of amides is 2. The van der Waals surface area contributed by atoms with Gasteiger partial charge in [0.05, 0.1) is 17.4 Å². The van der Waals surface area contributed by atoms with E-state index in [1.54, 1.807) is 0 Å². The molecule has 0 saturated carbocycles. The normalized spacial score (nSPS) is 22.9. The van der Waals surface area contributed by atoms with Crippen LogP contribution in [0.4, 0.5) is 16.2 Å². The molecule has 0 bridgehead atoms. The lowest BCUT2D eigenvalue weighted by atomic mass is 10.1. The van der Waals surface area contributed by atoms with Gasteiger partial charge in [-0.25, -0.2) is 4.79 Å². The Labute approximate surface area is 107 Å². The van der Waals surface area contributed by atoms with Crippen molar-refractivity contribution in [1.29, 1.82) is 0 Å². The summed E-state index contributed by atoms with van der Waals surface area (Å²) in [7, 11) is 0. The quantitative estimate of drug-likeness (QED) is 0.720. The highest BCUT2D eigenvalue weighted by atomic mass is 16.2. The number of rotatable bonds is 1. The Kier molecular flexibility index (Phi) is 2.54. The molecule has 5 nitrogen and oxygen atoms in total. The lowest BCUT2D eigenvalue weighted by Gasteiger charge is -2.38. The highest BCUT2D eigenvalue weighted by Gasteiger charge is 2.35. The van der Waals surface area contributed by atoms with E-state index in [-0.39, 0.29) is 12.1 Å². The third-order valence-corrected chi connectivity index (χ3v) is 3.76. The molecule has 2 aliphatic rings. The second-order valence-corrected chi connectivity index (χ2v) is 5.04. The Balaban J connectivity index is 1.80. The third-order valence-electron chi connectivity index (χ3n) is 3.76. The summed E-state index contributed by atoms with van der Waals surface area (Å²) in [5, 5.41) is 2.89. The van der Waals surface area contributed by atoms with Crippen LogP contribution in [-0.2, 0) is 0 Å². The van der Waals surface area contributed by atoms with Crippen LogP contribution in [0, 0.1) is 6.92 Å². The van der Waals surface area contributed by atoms with Crippen LogP contribution >= 0.6 is 0 Å². The molecule has 1 atom stereocenters. The number of nitrogens with one attached hydrogen (secondary N) is 1. The van der Waals surface area contributed by atoms with E-state index in [0.717, 1.165) is 37.6 Å². The molecule has 1 unspecified atom stereocenters. The Hall–Kier alpha value is -1.91. The number of nitrogen functional groups attached to an aromatic ring is 1. The number of hydrogen-bond donors (Lipinski definition) is 2. The number of carbonyl (C=O) groups excluding carboxylic acids is 1. The zero-order chi connectivity index (χ0) is 12.7. The maximum absolute atomic E-state index is 11.5. The van der Waals surface area contributed by atoms with Crippen molar-refractivity contribution >= 4 is 17.4 Å². The summed E-state index contributed by atoms with van der Waals surface area (Å²) in [5.41, 5.74) is 9.16. The zero-order valence-corrected chi connectivity index (χ0v) is 10.5. The molecule has 0 aromatic heterocycles. The maximum atomic E-state index is 11.5. The molecular formula is C13H18N4O. The van der Waals surface area contributed by atoms with E-state index in [9.17, 15) is 4.79 Å². The van der Waals surface area contributed by atoms with Crippen molar-refractivity contribution in [3.8, 4) is 0 Å². The first-order valence-electron chi connectivity index (χ1n) is 6.30. The Morgan fingerprint density at radius 2 is 2.22 bits per heavy atom. The summed E-state index contributed by atoms with van der Waals surface area (Å²) in [6.45, 7) is 5.24. The molecule has 96 valence electrons. The predicted molar refractivity (Wildman–Crippen MR) is 71.7 cm³/mol. The minimum atomic E-state index is 0.0662. The van der Waals surface area contributed by atoms with E-state index in [1.807, 2.05) is 17.9 Å². The van der Waals surface area contributed by atoms with Crippen molar-refractivity contribution in [1.82, 2.24) is 10.2 Å². The number of carbonyl (C=O) groups is 1. The zero-order valence-electron chi connectivity index (χ0n) is 10.5. The van der Waals surface area contributed by atoms with Crippen LogP contribution in [0.2, 0.25) is 0 Å². The smallest absolute Gasteiger partial charge is 0.317 e. The van der Waals surface area contributed by atoms with E-state index in [1.165, 1.54) is 5.56 Å². The molecule has 2 heterocycles. The number of aryl methyl sites for hydroxylation is 1. The average molecular weight is 246 g/mol. The fourth-order valence-electron chi connectivity index (χ4n) is 2.78. The topological polar surface area (TPSA) is 61.6 Å². The molecule has 0 aliphatic carbocycles. The van der Waals surface area contributed by atoms with Crippen molar-refractivity contribution in [2.24, 2.45) is 0 Å². The van der Waals surface area contributed by atoms with Crippen molar-refractivity contribution in [2.45, 2.75) is 13.0 Å². The van der Waals surface area contributed by atoms with Gasteiger partial charge in [0.15, 0.2) is 0 Å². The predicted octanol–water partition coefficient (Wildman–Crippen LogP) is 0.791. The number of benzene rings is 1. The summed E-state index contributed by atoms with van der Waals surface area (Å²) in [5.74, 6) is 0. The van der Waals surface area contributed by atoms with Gasteiger partial charge in [-0.05, 0) is 24.6 Å². The highest BCUT2D eigenvalue weighted by molar-refractivity contribution is 5.78. The summed E-state index contributed by atoms with van der Waals surface area (Å²) in [4.78, 5) is 15.7. The van der Waals surface area contributed by atoms with Crippen LogP contribution in [-0.4, -0.2) is 43.2 Å². The molecule has 1 aromatic rings.